The minimum atomic E-state index is -3.82. The molecule has 0 saturated carbocycles. The van der Waals surface area contributed by atoms with Crippen molar-refractivity contribution in [2.24, 2.45) is 5.92 Å². The summed E-state index contributed by atoms with van der Waals surface area (Å²) in [5.74, 6) is 0.467. The van der Waals surface area contributed by atoms with Crippen molar-refractivity contribution in [3.63, 3.8) is 0 Å². The fourth-order valence-electron chi connectivity index (χ4n) is 2.73. The largest absolute Gasteiger partial charge is 0.398 e. The van der Waals surface area contributed by atoms with Gasteiger partial charge in [0, 0.05) is 24.7 Å². The molecule has 1 aliphatic heterocycles. The lowest BCUT2D eigenvalue weighted by Crippen LogP contribution is -2.44. The van der Waals surface area contributed by atoms with Crippen LogP contribution in [0.5, 0.6) is 0 Å². The molecule has 0 spiro atoms. The van der Waals surface area contributed by atoms with E-state index in [1.807, 2.05) is 6.92 Å². The summed E-state index contributed by atoms with van der Waals surface area (Å²) in [6.45, 7) is 4.34. The van der Waals surface area contributed by atoms with Crippen LogP contribution in [0.2, 0.25) is 0 Å². The molecule has 1 heterocycles. The number of nitrogens with two attached hydrogens (primary N) is 1. The second kappa shape index (κ2) is 5.61. The van der Waals surface area contributed by atoms with Gasteiger partial charge in [-0.3, -0.25) is 10.1 Å². The molecule has 0 radical (unpaired) electrons. The van der Waals surface area contributed by atoms with E-state index >= 15 is 0 Å². The predicted octanol–water partition coefficient (Wildman–Crippen LogP) is 1.99. The number of hydrogen-bond donors (Lipinski definition) is 1. The summed E-state index contributed by atoms with van der Waals surface area (Å²) < 4.78 is 26.8. The minimum absolute atomic E-state index is 0.0337. The minimum Gasteiger partial charge on any atom is -0.398 e. The molecule has 1 saturated heterocycles. The number of sulfonamides is 1. The highest BCUT2D eigenvalue weighted by atomic mass is 32.2. The first-order valence-electron chi connectivity index (χ1n) is 6.79. The van der Waals surface area contributed by atoms with E-state index in [9.17, 15) is 18.5 Å². The van der Waals surface area contributed by atoms with Crippen molar-refractivity contribution in [3.8, 4) is 0 Å². The molecule has 8 heteroatoms. The van der Waals surface area contributed by atoms with Crippen molar-refractivity contribution in [1.82, 2.24) is 4.31 Å². The number of piperidine rings is 1. The molecule has 1 aromatic carbocycles. The number of hydrogen-bond acceptors (Lipinski definition) is 5. The van der Waals surface area contributed by atoms with Gasteiger partial charge in [0.1, 0.15) is 4.90 Å². The topological polar surface area (TPSA) is 107 Å². The van der Waals surface area contributed by atoms with E-state index in [-0.39, 0.29) is 22.3 Å². The number of rotatable bonds is 3. The maximum Gasteiger partial charge on any atom is 0.270 e. The molecular formula is C13H19N3O4S. The van der Waals surface area contributed by atoms with E-state index < -0.39 is 14.9 Å². The molecule has 0 bridgehead atoms. The Morgan fingerprint density at radius 3 is 2.62 bits per heavy atom. The van der Waals surface area contributed by atoms with Gasteiger partial charge in [-0.05, 0) is 31.7 Å². The van der Waals surface area contributed by atoms with E-state index in [2.05, 4.69) is 6.92 Å². The van der Waals surface area contributed by atoms with Gasteiger partial charge in [-0.2, -0.15) is 4.31 Å². The average Bonchev–Trinajstić information content (AvgIpc) is 2.38. The van der Waals surface area contributed by atoms with E-state index in [0.717, 1.165) is 18.9 Å². The van der Waals surface area contributed by atoms with Gasteiger partial charge in [0.05, 0.1) is 10.6 Å². The van der Waals surface area contributed by atoms with Crippen LogP contribution in [0.15, 0.2) is 23.1 Å². The fraction of sp³-hybridized carbons (Fsp3) is 0.538. The Hall–Kier alpha value is -1.67. The highest BCUT2D eigenvalue weighted by Gasteiger charge is 2.35. The Morgan fingerprint density at radius 2 is 2.05 bits per heavy atom. The van der Waals surface area contributed by atoms with Crippen LogP contribution in [-0.4, -0.2) is 30.2 Å². The van der Waals surface area contributed by atoms with Crippen molar-refractivity contribution < 1.29 is 13.3 Å². The number of nitrogens with zero attached hydrogens (tertiary/aromatic N) is 2. The summed E-state index contributed by atoms with van der Waals surface area (Å²) in [6.07, 6.45) is 1.55. The summed E-state index contributed by atoms with van der Waals surface area (Å²) in [4.78, 5) is 10.0. The van der Waals surface area contributed by atoms with Crippen LogP contribution in [-0.2, 0) is 10.0 Å². The predicted molar refractivity (Wildman–Crippen MR) is 79.3 cm³/mol. The van der Waals surface area contributed by atoms with E-state index in [1.54, 1.807) is 0 Å². The van der Waals surface area contributed by atoms with E-state index in [4.69, 9.17) is 5.73 Å². The van der Waals surface area contributed by atoms with Gasteiger partial charge in [0.25, 0.3) is 5.69 Å². The molecule has 1 aromatic rings. The molecule has 7 nitrogen and oxygen atoms in total. The quantitative estimate of drug-likeness (QED) is 0.521. The van der Waals surface area contributed by atoms with Gasteiger partial charge < -0.3 is 5.73 Å². The number of non-ortho nitro benzene ring substituents is 1. The third-order valence-corrected chi connectivity index (χ3v) is 5.94. The lowest BCUT2D eigenvalue weighted by atomic mass is 9.95. The highest BCUT2D eigenvalue weighted by Crippen LogP contribution is 2.32. The Morgan fingerprint density at radius 1 is 1.38 bits per heavy atom. The zero-order valence-corrected chi connectivity index (χ0v) is 12.8. The van der Waals surface area contributed by atoms with Crippen molar-refractivity contribution in [2.75, 3.05) is 12.3 Å². The molecule has 21 heavy (non-hydrogen) atoms. The summed E-state index contributed by atoms with van der Waals surface area (Å²) in [6, 6.07) is 3.37. The molecule has 116 valence electrons. The normalized spacial score (nSPS) is 23.9. The van der Waals surface area contributed by atoms with Gasteiger partial charge in [-0.15, -0.1) is 0 Å². The maximum absolute atomic E-state index is 12.7. The monoisotopic (exact) mass is 313 g/mol. The highest BCUT2D eigenvalue weighted by molar-refractivity contribution is 7.89. The summed E-state index contributed by atoms with van der Waals surface area (Å²) in [5.41, 5.74) is 5.48. The first-order valence-corrected chi connectivity index (χ1v) is 8.23. The molecule has 2 unspecified atom stereocenters. The third-order valence-electron chi connectivity index (χ3n) is 3.87. The van der Waals surface area contributed by atoms with Crippen LogP contribution < -0.4 is 5.73 Å². The van der Waals surface area contributed by atoms with Crippen molar-refractivity contribution in [3.05, 3.63) is 28.3 Å². The van der Waals surface area contributed by atoms with Crippen molar-refractivity contribution in [2.45, 2.75) is 37.6 Å². The summed E-state index contributed by atoms with van der Waals surface area (Å²) in [5, 5.41) is 10.8. The number of nitro groups is 1. The molecule has 0 amide bonds. The van der Waals surface area contributed by atoms with Gasteiger partial charge in [-0.1, -0.05) is 6.92 Å². The number of nitrogen functional groups attached to an aromatic ring is 1. The van der Waals surface area contributed by atoms with Crippen LogP contribution in [0.3, 0.4) is 0 Å². The van der Waals surface area contributed by atoms with E-state index in [1.165, 1.54) is 16.4 Å². The lowest BCUT2D eigenvalue weighted by Gasteiger charge is -2.35. The van der Waals surface area contributed by atoms with Crippen LogP contribution >= 0.6 is 0 Å². The fourth-order valence-corrected chi connectivity index (χ4v) is 4.52. The molecule has 2 N–H and O–H groups in total. The Balaban J connectivity index is 2.44. The molecule has 0 aromatic heterocycles. The van der Waals surface area contributed by atoms with Crippen LogP contribution in [0.25, 0.3) is 0 Å². The lowest BCUT2D eigenvalue weighted by molar-refractivity contribution is -0.385. The smallest absolute Gasteiger partial charge is 0.270 e. The second-order valence-electron chi connectivity index (χ2n) is 5.57. The van der Waals surface area contributed by atoms with Crippen LogP contribution in [0.1, 0.15) is 26.7 Å². The van der Waals surface area contributed by atoms with E-state index in [0.29, 0.717) is 12.5 Å². The number of nitro benzene ring substituents is 1. The van der Waals surface area contributed by atoms with Crippen LogP contribution in [0, 0.1) is 16.0 Å². The third kappa shape index (κ3) is 3.01. The van der Waals surface area contributed by atoms with Crippen molar-refractivity contribution in [1.29, 1.82) is 0 Å². The SMILES string of the molecule is CC1CCN(S(=O)(=O)c2cc([N+](=O)[O-])ccc2N)C(C)C1. The molecule has 1 fully saturated rings. The van der Waals surface area contributed by atoms with Gasteiger partial charge >= 0.3 is 0 Å². The van der Waals surface area contributed by atoms with Crippen LogP contribution in [0.4, 0.5) is 11.4 Å². The molecule has 0 aliphatic carbocycles. The Kier molecular flexibility index (Phi) is 4.20. The average molecular weight is 313 g/mol. The summed E-state index contributed by atoms with van der Waals surface area (Å²) >= 11 is 0. The molecule has 2 rings (SSSR count). The van der Waals surface area contributed by atoms with Crippen molar-refractivity contribution >= 4 is 21.4 Å². The Bertz CT molecular complexity index is 659. The van der Waals surface area contributed by atoms with Gasteiger partial charge in [0.2, 0.25) is 10.0 Å². The zero-order valence-electron chi connectivity index (χ0n) is 12.0. The van der Waals surface area contributed by atoms with Gasteiger partial charge in [-0.25, -0.2) is 8.42 Å². The number of anilines is 1. The first-order chi connectivity index (χ1) is 9.73. The van der Waals surface area contributed by atoms with Gasteiger partial charge in [0.15, 0.2) is 0 Å². The summed E-state index contributed by atoms with van der Waals surface area (Å²) in [7, 11) is -3.82. The molecule has 1 aliphatic rings. The first kappa shape index (κ1) is 15.7. The molecule has 2 atom stereocenters. The Labute approximate surface area is 123 Å². The number of benzene rings is 1. The zero-order chi connectivity index (χ0) is 15.8. The molecular weight excluding hydrogens is 294 g/mol. The maximum atomic E-state index is 12.7. The second-order valence-corrected chi connectivity index (χ2v) is 7.43. The standard InChI is InChI=1S/C13H19N3O4S/c1-9-5-6-15(10(2)7-9)21(19,20)13-8-11(16(17)18)3-4-12(13)14/h3-4,8-10H,5-7,14H2,1-2H3.